The first-order chi connectivity index (χ1) is 21.0. The predicted octanol–water partition coefficient (Wildman–Crippen LogP) is 10.7. The number of hydrogen-bond acceptors (Lipinski definition) is 3. The highest BCUT2D eigenvalue weighted by molar-refractivity contribution is 7.26. The number of fused-ring (bicyclic) bond motifs is 5. The van der Waals surface area contributed by atoms with E-state index in [0.29, 0.717) is 0 Å². The highest BCUT2D eigenvalue weighted by Gasteiger charge is 2.33. The van der Waals surface area contributed by atoms with E-state index in [9.17, 15) is 0 Å². The van der Waals surface area contributed by atoms with Gasteiger partial charge in [-0.1, -0.05) is 123 Å². The van der Waals surface area contributed by atoms with Gasteiger partial charge in [-0.3, -0.25) is 10.3 Å². The van der Waals surface area contributed by atoms with Crippen LogP contribution in [0.25, 0.3) is 53.2 Å². The van der Waals surface area contributed by atoms with Gasteiger partial charge in [-0.2, -0.15) is 0 Å². The third-order valence-corrected chi connectivity index (χ3v) is 10.5. The van der Waals surface area contributed by atoms with Crippen molar-refractivity contribution >= 4 is 49.0 Å². The molecular weight excluding hydrogens is 541 g/mol. The van der Waals surface area contributed by atoms with Crippen molar-refractivity contribution in [3.8, 4) is 22.3 Å². The number of benzene rings is 6. The van der Waals surface area contributed by atoms with E-state index in [-0.39, 0.29) is 11.6 Å². The molecule has 3 heteroatoms. The molecule has 1 heterocycles. The minimum Gasteiger partial charge on any atom is -0.288 e. The van der Waals surface area contributed by atoms with Crippen LogP contribution in [0.1, 0.15) is 42.3 Å². The summed E-state index contributed by atoms with van der Waals surface area (Å²) in [5.41, 5.74) is 10.4. The van der Waals surface area contributed by atoms with Crippen molar-refractivity contribution in [3.63, 3.8) is 0 Å². The summed E-state index contributed by atoms with van der Waals surface area (Å²) in [5.74, 6) is 0. The van der Waals surface area contributed by atoms with Gasteiger partial charge in [0.15, 0.2) is 0 Å². The smallest absolute Gasteiger partial charge is 0.125 e. The van der Waals surface area contributed by atoms with Crippen LogP contribution >= 0.6 is 11.3 Å². The maximum absolute atomic E-state index is 4.33. The second-order valence-corrected chi connectivity index (χ2v) is 13.1. The van der Waals surface area contributed by atoms with Crippen LogP contribution < -0.4 is 5.32 Å². The first-order valence-electron chi connectivity index (χ1n) is 14.9. The van der Waals surface area contributed by atoms with Crippen molar-refractivity contribution in [2.75, 3.05) is 0 Å². The summed E-state index contributed by atoms with van der Waals surface area (Å²) in [4.78, 5) is 4.33. The van der Waals surface area contributed by atoms with Crippen LogP contribution in [-0.2, 0) is 12.0 Å². The zero-order valence-electron chi connectivity index (χ0n) is 24.4. The molecule has 7 aromatic rings. The fraction of sp³-hybridized carbons (Fsp3) is 0.125. The lowest BCUT2D eigenvalue weighted by molar-refractivity contribution is 0.558. The van der Waals surface area contributed by atoms with Gasteiger partial charge in [0, 0.05) is 37.7 Å². The van der Waals surface area contributed by atoms with Crippen LogP contribution in [0.15, 0.2) is 126 Å². The number of nitrogens with zero attached hydrogens (tertiary/aromatic N) is 1. The molecule has 1 aromatic heterocycles. The lowest BCUT2D eigenvalue weighted by atomic mass is 9.68. The van der Waals surface area contributed by atoms with Gasteiger partial charge in [0.05, 0.1) is 0 Å². The highest BCUT2D eigenvalue weighted by Crippen LogP contribution is 2.51. The topological polar surface area (TPSA) is 24.4 Å². The molecule has 1 aliphatic rings. The summed E-state index contributed by atoms with van der Waals surface area (Å²) in [6.45, 7) is 9.27. The van der Waals surface area contributed by atoms with Crippen LogP contribution in [-0.4, -0.2) is 6.72 Å². The number of nitrogens with one attached hydrogen (secondary N) is 1. The second kappa shape index (κ2) is 10.0. The Kier molecular flexibility index (Phi) is 6.08. The number of thiophene rings is 1. The van der Waals surface area contributed by atoms with E-state index in [1.807, 2.05) is 29.5 Å². The molecule has 8 rings (SSSR count). The van der Waals surface area contributed by atoms with Gasteiger partial charge in [0.25, 0.3) is 0 Å². The summed E-state index contributed by atoms with van der Waals surface area (Å²) in [7, 11) is 0. The summed E-state index contributed by atoms with van der Waals surface area (Å²) in [6.07, 6.45) is -0.132. The van der Waals surface area contributed by atoms with Gasteiger partial charge in [-0.25, -0.2) is 0 Å². The van der Waals surface area contributed by atoms with E-state index in [4.69, 9.17) is 0 Å². The molecule has 0 bridgehead atoms. The minimum absolute atomic E-state index is 0.0591. The molecule has 208 valence electrons. The van der Waals surface area contributed by atoms with Gasteiger partial charge in [-0.15, -0.1) is 11.3 Å². The molecule has 6 aromatic carbocycles. The molecule has 1 unspecified atom stereocenters. The fourth-order valence-electron chi connectivity index (χ4n) is 7.10. The minimum atomic E-state index is -0.132. The van der Waals surface area contributed by atoms with Crippen molar-refractivity contribution in [1.82, 2.24) is 5.32 Å². The Morgan fingerprint density at radius 2 is 1.40 bits per heavy atom. The Morgan fingerprint density at radius 3 is 2.26 bits per heavy atom. The second-order valence-electron chi connectivity index (χ2n) is 12.1. The van der Waals surface area contributed by atoms with Crippen molar-refractivity contribution in [3.05, 3.63) is 144 Å². The average molecular weight is 573 g/mol. The molecule has 0 spiro atoms. The molecule has 1 N–H and O–H groups in total. The predicted molar refractivity (Wildman–Crippen MR) is 185 cm³/mol. The normalized spacial score (nSPS) is 14.2. The van der Waals surface area contributed by atoms with Crippen LogP contribution in [0.4, 0.5) is 0 Å². The SMILES string of the molecule is C=NC(NCc1ccc2sc3c(-c4ccc5c6c(cccc46)C(C)(C)c4ccccc4-5)cccc3c2c1)c1ccccc1. The zero-order valence-corrected chi connectivity index (χ0v) is 25.2. The van der Waals surface area contributed by atoms with E-state index >= 15 is 0 Å². The van der Waals surface area contributed by atoms with Gasteiger partial charge < -0.3 is 0 Å². The van der Waals surface area contributed by atoms with Gasteiger partial charge >= 0.3 is 0 Å². The molecule has 43 heavy (non-hydrogen) atoms. The molecule has 1 atom stereocenters. The zero-order chi connectivity index (χ0) is 29.1. The van der Waals surface area contributed by atoms with Crippen LogP contribution in [0.5, 0.6) is 0 Å². The van der Waals surface area contributed by atoms with Gasteiger partial charge in [0.1, 0.15) is 6.17 Å². The van der Waals surface area contributed by atoms with Crippen molar-refractivity contribution < 1.29 is 0 Å². The maximum Gasteiger partial charge on any atom is 0.125 e. The van der Waals surface area contributed by atoms with Crippen LogP contribution in [0, 0.1) is 0 Å². The lowest BCUT2D eigenvalue weighted by Gasteiger charge is -2.35. The van der Waals surface area contributed by atoms with E-state index < -0.39 is 0 Å². The van der Waals surface area contributed by atoms with E-state index in [2.05, 4.69) is 134 Å². The van der Waals surface area contributed by atoms with Crippen LogP contribution in [0.2, 0.25) is 0 Å². The quantitative estimate of drug-likeness (QED) is 0.197. The van der Waals surface area contributed by atoms with Gasteiger partial charge in [0.2, 0.25) is 0 Å². The highest BCUT2D eigenvalue weighted by atomic mass is 32.1. The van der Waals surface area contributed by atoms with Crippen LogP contribution in [0.3, 0.4) is 0 Å². The number of aliphatic imine (C=N–C) groups is 1. The first-order valence-corrected chi connectivity index (χ1v) is 15.7. The maximum atomic E-state index is 4.33. The lowest BCUT2D eigenvalue weighted by Crippen LogP contribution is -2.23. The molecule has 0 saturated carbocycles. The molecule has 1 aliphatic carbocycles. The molecule has 0 aliphatic heterocycles. The van der Waals surface area contributed by atoms with Crippen molar-refractivity contribution in [2.24, 2.45) is 4.99 Å². The summed E-state index contributed by atoms with van der Waals surface area (Å²) in [5, 5.41) is 8.91. The summed E-state index contributed by atoms with van der Waals surface area (Å²) >= 11 is 1.89. The summed E-state index contributed by atoms with van der Waals surface area (Å²) in [6, 6.07) is 44.4. The molecular formula is C40H32N2S. The first kappa shape index (κ1) is 26.1. The number of rotatable bonds is 6. The van der Waals surface area contributed by atoms with Crippen molar-refractivity contribution in [2.45, 2.75) is 32.0 Å². The monoisotopic (exact) mass is 572 g/mol. The Bertz CT molecular complexity index is 2190. The van der Waals surface area contributed by atoms with E-state index in [1.54, 1.807) is 0 Å². The molecule has 0 saturated heterocycles. The van der Waals surface area contributed by atoms with E-state index in [0.717, 1.165) is 12.1 Å². The summed E-state index contributed by atoms with van der Waals surface area (Å²) < 4.78 is 2.65. The Hall–Kier alpha value is -4.57. The fourth-order valence-corrected chi connectivity index (χ4v) is 8.31. The third kappa shape index (κ3) is 4.07. The average Bonchev–Trinajstić information content (AvgIpc) is 3.43. The molecule has 2 nitrogen and oxygen atoms in total. The van der Waals surface area contributed by atoms with Crippen molar-refractivity contribution in [1.29, 1.82) is 0 Å². The Balaban J connectivity index is 1.24. The van der Waals surface area contributed by atoms with E-state index in [1.165, 1.54) is 69.9 Å². The molecule has 0 radical (unpaired) electrons. The van der Waals surface area contributed by atoms with Gasteiger partial charge in [-0.05, 0) is 68.6 Å². The third-order valence-electron chi connectivity index (χ3n) is 9.25. The standard InChI is InChI=1S/C40H32N2S/c1-40(2)34-17-8-7-13-28(34)30-21-20-27(29-14-10-18-35(40)37(29)30)31-15-9-16-32-33-23-25(19-22-36(33)43-38(31)32)24-42-39(41-3)26-11-5-4-6-12-26/h4-23,39,42H,3,24H2,1-2H3. The molecule has 0 fully saturated rings. The Labute approximate surface area is 256 Å². The number of hydrogen-bond donors (Lipinski definition) is 1. The Morgan fingerprint density at radius 1 is 0.674 bits per heavy atom. The molecule has 0 amide bonds. The largest absolute Gasteiger partial charge is 0.288 e.